The lowest BCUT2D eigenvalue weighted by Crippen LogP contribution is -2.63. The Morgan fingerprint density at radius 3 is 2.51 bits per heavy atom. The van der Waals surface area contributed by atoms with Gasteiger partial charge in [-0.3, -0.25) is 14.5 Å². The predicted molar refractivity (Wildman–Crippen MR) is 128 cm³/mol. The number of halogens is 3. The van der Waals surface area contributed by atoms with Gasteiger partial charge < -0.3 is 25.8 Å². The Hall–Kier alpha value is -3.31. The molecule has 0 radical (unpaired) electrons. The lowest BCUT2D eigenvalue weighted by Gasteiger charge is -2.48. The summed E-state index contributed by atoms with van der Waals surface area (Å²) in [6, 6.07) is 10.3. The Morgan fingerprint density at radius 1 is 1.05 bits per heavy atom. The molecule has 5 rings (SSSR count). The molecule has 0 aromatic heterocycles. The maximum Gasteiger partial charge on any atom is 0.416 e. The second-order valence-electron chi connectivity index (χ2n) is 9.93. The van der Waals surface area contributed by atoms with Crippen LogP contribution in [0.4, 0.5) is 13.2 Å². The molecule has 2 amide bonds. The van der Waals surface area contributed by atoms with E-state index in [9.17, 15) is 22.8 Å². The molecular formula is C26H29F3N4O4. The lowest BCUT2D eigenvalue weighted by molar-refractivity contribution is -0.137. The topological polar surface area (TPSA) is 106 Å². The molecule has 3 aliphatic rings. The lowest BCUT2D eigenvalue weighted by atomic mass is 9.74. The average molecular weight is 519 g/mol. The van der Waals surface area contributed by atoms with Crippen molar-refractivity contribution in [2.45, 2.75) is 49.5 Å². The van der Waals surface area contributed by atoms with Crippen molar-refractivity contribution in [1.29, 1.82) is 0 Å². The number of amides is 2. The van der Waals surface area contributed by atoms with Crippen LogP contribution in [0, 0.1) is 0 Å². The van der Waals surface area contributed by atoms with E-state index in [-0.39, 0.29) is 30.9 Å². The molecule has 2 heterocycles. The number of hydrogen-bond acceptors (Lipinski definition) is 6. The van der Waals surface area contributed by atoms with Gasteiger partial charge in [-0.05, 0) is 61.6 Å². The first-order valence-corrected chi connectivity index (χ1v) is 12.3. The molecule has 8 nitrogen and oxygen atoms in total. The van der Waals surface area contributed by atoms with Gasteiger partial charge in [-0.25, -0.2) is 0 Å². The highest BCUT2D eigenvalue weighted by Crippen LogP contribution is 2.41. The molecule has 2 aromatic carbocycles. The van der Waals surface area contributed by atoms with E-state index in [1.165, 1.54) is 6.07 Å². The molecule has 0 unspecified atom stereocenters. The highest BCUT2D eigenvalue weighted by atomic mass is 19.4. The average Bonchev–Trinajstić information content (AvgIpc) is 3.33. The van der Waals surface area contributed by atoms with Gasteiger partial charge in [0.25, 0.3) is 5.91 Å². The maximum absolute atomic E-state index is 12.8. The van der Waals surface area contributed by atoms with Gasteiger partial charge in [0, 0.05) is 30.2 Å². The maximum atomic E-state index is 12.8. The molecular weight excluding hydrogens is 489 g/mol. The molecule has 0 bridgehead atoms. The third kappa shape index (κ3) is 5.52. The number of fused-ring (bicyclic) bond motifs is 1. The van der Waals surface area contributed by atoms with Crippen molar-refractivity contribution in [2.75, 3.05) is 26.4 Å². The van der Waals surface area contributed by atoms with Crippen LogP contribution in [0.2, 0.25) is 0 Å². The van der Waals surface area contributed by atoms with Crippen LogP contribution in [0.3, 0.4) is 0 Å². The fourth-order valence-corrected chi connectivity index (χ4v) is 5.26. The zero-order valence-electron chi connectivity index (χ0n) is 20.1. The van der Waals surface area contributed by atoms with Gasteiger partial charge >= 0.3 is 6.18 Å². The fraction of sp³-hybridized carbons (Fsp3) is 0.462. The van der Waals surface area contributed by atoms with Gasteiger partial charge in [-0.1, -0.05) is 12.1 Å². The summed E-state index contributed by atoms with van der Waals surface area (Å²) in [6.07, 6.45) is -0.976. The van der Waals surface area contributed by atoms with Crippen LogP contribution in [0.25, 0.3) is 0 Å². The molecule has 11 heteroatoms. The third-order valence-corrected chi connectivity index (χ3v) is 7.45. The van der Waals surface area contributed by atoms with Crippen LogP contribution < -0.4 is 25.8 Å². The quantitative estimate of drug-likeness (QED) is 0.543. The fourth-order valence-electron chi connectivity index (χ4n) is 5.26. The number of carbonyl (C=O) groups is 2. The van der Waals surface area contributed by atoms with Gasteiger partial charge in [0.1, 0.15) is 0 Å². The molecule has 2 aromatic rings. The summed E-state index contributed by atoms with van der Waals surface area (Å²) >= 11 is 0. The van der Waals surface area contributed by atoms with Gasteiger partial charge in [-0.15, -0.1) is 0 Å². The first kappa shape index (κ1) is 25.3. The van der Waals surface area contributed by atoms with E-state index in [0.29, 0.717) is 19.1 Å². The molecule has 1 saturated carbocycles. The summed E-state index contributed by atoms with van der Waals surface area (Å²) in [4.78, 5) is 26.8. The van der Waals surface area contributed by atoms with Gasteiger partial charge in [0.15, 0.2) is 11.5 Å². The molecule has 37 heavy (non-hydrogen) atoms. The van der Waals surface area contributed by atoms with Crippen molar-refractivity contribution in [3.05, 3.63) is 59.2 Å². The summed E-state index contributed by atoms with van der Waals surface area (Å²) in [5.74, 6) is 0.366. The summed E-state index contributed by atoms with van der Waals surface area (Å²) in [7, 11) is 0. The van der Waals surface area contributed by atoms with Gasteiger partial charge in [0.2, 0.25) is 12.7 Å². The summed E-state index contributed by atoms with van der Waals surface area (Å²) in [6.45, 7) is 1.34. The van der Waals surface area contributed by atoms with Crippen molar-refractivity contribution in [3.8, 4) is 11.5 Å². The molecule has 1 saturated heterocycles. The number of rotatable bonds is 6. The Balaban J connectivity index is 1.04. The standard InChI is InChI=1S/C26H29F3N4O4/c27-26(28,29)18-3-1-2-16(10-18)24(35)31-12-23(34)32-19-13-33(14-19)20-6-8-25(30,9-7-20)17-4-5-21-22(11-17)37-15-36-21/h1-5,10-11,19-20H,6-9,12-15,30H2,(H,31,35)(H,32,34). The highest BCUT2D eigenvalue weighted by molar-refractivity contribution is 5.96. The van der Waals surface area contributed by atoms with E-state index in [2.05, 4.69) is 15.5 Å². The van der Waals surface area contributed by atoms with Crippen molar-refractivity contribution >= 4 is 11.8 Å². The van der Waals surface area contributed by atoms with Gasteiger partial charge in [0.05, 0.1) is 18.2 Å². The Bertz CT molecular complexity index is 1170. The minimum atomic E-state index is -4.54. The minimum absolute atomic E-state index is 0.0311. The van der Waals surface area contributed by atoms with Gasteiger partial charge in [-0.2, -0.15) is 13.2 Å². The molecule has 0 atom stereocenters. The third-order valence-electron chi connectivity index (χ3n) is 7.45. The van der Waals surface area contributed by atoms with Crippen molar-refractivity contribution in [3.63, 3.8) is 0 Å². The van der Waals surface area contributed by atoms with Crippen molar-refractivity contribution in [2.24, 2.45) is 5.73 Å². The Morgan fingerprint density at radius 2 is 1.78 bits per heavy atom. The molecule has 1 aliphatic carbocycles. The zero-order chi connectivity index (χ0) is 26.2. The summed E-state index contributed by atoms with van der Waals surface area (Å²) < 4.78 is 49.4. The number of likely N-dealkylation sites (tertiary alicyclic amines) is 1. The van der Waals surface area contributed by atoms with E-state index >= 15 is 0 Å². The van der Waals surface area contributed by atoms with E-state index in [1.54, 1.807) is 0 Å². The molecule has 2 fully saturated rings. The van der Waals surface area contributed by atoms with E-state index < -0.39 is 23.2 Å². The number of hydrogen-bond donors (Lipinski definition) is 3. The smallest absolute Gasteiger partial charge is 0.416 e. The van der Waals surface area contributed by atoms with Crippen LogP contribution >= 0.6 is 0 Å². The van der Waals surface area contributed by atoms with Crippen molar-refractivity contribution < 1.29 is 32.2 Å². The number of nitrogens with zero attached hydrogens (tertiary/aromatic N) is 1. The highest BCUT2D eigenvalue weighted by Gasteiger charge is 2.40. The number of carbonyl (C=O) groups excluding carboxylic acids is 2. The molecule has 0 spiro atoms. The number of benzene rings is 2. The number of nitrogens with two attached hydrogens (primary N) is 1. The number of alkyl halides is 3. The van der Waals surface area contributed by atoms with Crippen LogP contribution in [0.5, 0.6) is 11.5 Å². The number of nitrogens with one attached hydrogen (secondary N) is 2. The first-order valence-electron chi connectivity index (χ1n) is 12.3. The molecule has 2 aliphatic heterocycles. The van der Waals surface area contributed by atoms with Crippen molar-refractivity contribution in [1.82, 2.24) is 15.5 Å². The Kier molecular flexibility index (Phi) is 6.76. The van der Waals surface area contributed by atoms with Crippen LogP contribution in [0.1, 0.15) is 47.2 Å². The monoisotopic (exact) mass is 518 g/mol. The SMILES string of the molecule is NC1(c2ccc3c(c2)OCO3)CCC(N2CC(NC(=O)CNC(=O)c3cccc(C(F)(F)F)c3)C2)CC1. The molecule has 198 valence electrons. The minimum Gasteiger partial charge on any atom is -0.454 e. The second-order valence-corrected chi connectivity index (χ2v) is 9.93. The molecule has 4 N–H and O–H groups in total. The van der Waals surface area contributed by atoms with Crippen LogP contribution in [-0.4, -0.2) is 55.2 Å². The summed E-state index contributed by atoms with van der Waals surface area (Å²) in [5.41, 5.74) is 6.34. The van der Waals surface area contributed by atoms with E-state index in [4.69, 9.17) is 15.2 Å². The zero-order valence-corrected chi connectivity index (χ0v) is 20.1. The van der Waals surface area contributed by atoms with E-state index in [1.807, 2.05) is 18.2 Å². The predicted octanol–water partition coefficient (Wildman–Crippen LogP) is 2.76. The summed E-state index contributed by atoms with van der Waals surface area (Å²) in [5, 5.41) is 5.25. The Labute approximate surface area is 212 Å². The van der Waals surface area contributed by atoms with Crippen LogP contribution in [-0.2, 0) is 16.5 Å². The second kappa shape index (κ2) is 9.86. The largest absolute Gasteiger partial charge is 0.454 e. The number of ether oxygens (including phenoxy) is 2. The first-order chi connectivity index (χ1) is 17.6. The van der Waals surface area contributed by atoms with E-state index in [0.717, 1.165) is 60.9 Å². The normalized spacial score (nSPS) is 23.8. The van der Waals surface area contributed by atoms with Crippen LogP contribution in [0.15, 0.2) is 42.5 Å².